The number of piperidine rings is 1. The third kappa shape index (κ3) is 4.37. The molecule has 2 aliphatic rings. The van der Waals surface area contributed by atoms with Gasteiger partial charge in [-0.3, -0.25) is 4.79 Å². The van der Waals surface area contributed by atoms with Crippen molar-refractivity contribution in [3.05, 3.63) is 60.2 Å². The van der Waals surface area contributed by atoms with Crippen molar-refractivity contribution in [3.8, 4) is 22.8 Å². The highest BCUT2D eigenvalue weighted by atomic mass is 16.6. The lowest BCUT2D eigenvalue weighted by Crippen LogP contribution is -2.41. The predicted molar refractivity (Wildman–Crippen MR) is 123 cm³/mol. The molecule has 164 valence electrons. The Kier molecular flexibility index (Phi) is 5.62. The smallest absolute Gasteiger partial charge is 0.229 e. The minimum absolute atomic E-state index is 0.00992. The number of benzene rings is 2. The van der Waals surface area contributed by atoms with E-state index in [1.54, 1.807) is 0 Å². The van der Waals surface area contributed by atoms with Crippen LogP contribution in [0.3, 0.4) is 0 Å². The zero-order valence-electron chi connectivity index (χ0n) is 18.1. The summed E-state index contributed by atoms with van der Waals surface area (Å²) in [6.07, 6.45) is 1.78. The van der Waals surface area contributed by atoms with Gasteiger partial charge in [0.15, 0.2) is 17.3 Å². The van der Waals surface area contributed by atoms with Crippen molar-refractivity contribution in [2.75, 3.05) is 36.5 Å². The first-order chi connectivity index (χ1) is 15.7. The Balaban J connectivity index is 1.24. The van der Waals surface area contributed by atoms with Crippen LogP contribution in [0.15, 0.2) is 54.6 Å². The van der Waals surface area contributed by atoms with Crippen LogP contribution in [-0.2, 0) is 4.79 Å². The number of amides is 1. The number of rotatable bonds is 4. The quantitative estimate of drug-likeness (QED) is 0.672. The minimum atomic E-state index is -0.116. The fourth-order valence-electron chi connectivity index (χ4n) is 4.22. The molecular formula is C25H26N4O3. The number of carbonyl (C=O) groups is 1. The zero-order chi connectivity index (χ0) is 21.9. The number of aryl methyl sites for hydroxylation is 1. The maximum Gasteiger partial charge on any atom is 0.229 e. The molecule has 7 nitrogen and oxygen atoms in total. The molecule has 1 atom stereocenters. The summed E-state index contributed by atoms with van der Waals surface area (Å²) >= 11 is 0. The van der Waals surface area contributed by atoms with E-state index in [0.29, 0.717) is 31.3 Å². The standard InChI is InChI=1S/C25H26N4O3/c1-17-4-2-5-18(14-17)21-8-10-24(28-27-21)29-11-3-6-19(16-29)25(30)26-20-7-9-22-23(15-20)32-13-12-31-22/h2,4-5,7-10,14-15,19H,3,6,11-13,16H2,1H3,(H,26,30)/t19-/m1/s1. The largest absolute Gasteiger partial charge is 0.486 e. The fourth-order valence-corrected chi connectivity index (χ4v) is 4.22. The molecule has 0 bridgehead atoms. The third-order valence-corrected chi connectivity index (χ3v) is 5.89. The average molecular weight is 431 g/mol. The Labute approximate surface area is 187 Å². The van der Waals surface area contributed by atoms with Gasteiger partial charge in [0.25, 0.3) is 0 Å². The highest BCUT2D eigenvalue weighted by molar-refractivity contribution is 5.93. The van der Waals surface area contributed by atoms with Crippen molar-refractivity contribution in [2.45, 2.75) is 19.8 Å². The predicted octanol–water partition coefficient (Wildman–Crippen LogP) is 4.08. The second-order valence-corrected chi connectivity index (χ2v) is 8.28. The number of nitrogens with zero attached hydrogens (tertiary/aromatic N) is 3. The summed E-state index contributed by atoms with van der Waals surface area (Å²) in [4.78, 5) is 15.1. The number of ether oxygens (including phenoxy) is 2. The van der Waals surface area contributed by atoms with E-state index >= 15 is 0 Å². The highest BCUT2D eigenvalue weighted by Crippen LogP contribution is 2.33. The Morgan fingerprint density at radius 2 is 1.91 bits per heavy atom. The van der Waals surface area contributed by atoms with Gasteiger partial charge in [0, 0.05) is 30.4 Å². The van der Waals surface area contributed by atoms with Gasteiger partial charge in [0.2, 0.25) is 5.91 Å². The Bertz CT molecular complexity index is 1120. The third-order valence-electron chi connectivity index (χ3n) is 5.89. The van der Waals surface area contributed by atoms with Crippen LogP contribution in [-0.4, -0.2) is 42.4 Å². The molecule has 3 heterocycles. The molecule has 0 radical (unpaired) electrons. The van der Waals surface area contributed by atoms with Gasteiger partial charge < -0.3 is 19.7 Å². The lowest BCUT2D eigenvalue weighted by atomic mass is 9.97. The van der Waals surface area contributed by atoms with Gasteiger partial charge in [0.1, 0.15) is 13.2 Å². The second-order valence-electron chi connectivity index (χ2n) is 8.28. The van der Waals surface area contributed by atoms with Gasteiger partial charge in [-0.1, -0.05) is 23.8 Å². The molecule has 0 aliphatic carbocycles. The number of carbonyl (C=O) groups excluding carboxylic acids is 1. The summed E-state index contributed by atoms with van der Waals surface area (Å²) in [5.41, 5.74) is 3.82. The van der Waals surface area contributed by atoms with E-state index in [2.05, 4.69) is 39.5 Å². The van der Waals surface area contributed by atoms with Crippen molar-refractivity contribution >= 4 is 17.4 Å². The van der Waals surface area contributed by atoms with E-state index in [-0.39, 0.29) is 11.8 Å². The molecule has 2 aliphatic heterocycles. The maximum absolute atomic E-state index is 12.9. The molecule has 1 aromatic heterocycles. The molecule has 1 N–H and O–H groups in total. The maximum atomic E-state index is 12.9. The van der Waals surface area contributed by atoms with Gasteiger partial charge in [-0.2, -0.15) is 0 Å². The molecule has 32 heavy (non-hydrogen) atoms. The Morgan fingerprint density at radius 1 is 1.03 bits per heavy atom. The van der Waals surface area contributed by atoms with E-state index in [1.807, 2.05) is 42.5 Å². The Hall–Kier alpha value is -3.61. The van der Waals surface area contributed by atoms with Gasteiger partial charge in [-0.25, -0.2) is 0 Å². The summed E-state index contributed by atoms with van der Waals surface area (Å²) in [5, 5.41) is 11.9. The number of anilines is 2. The first-order valence-corrected chi connectivity index (χ1v) is 11.0. The van der Waals surface area contributed by atoms with E-state index in [0.717, 1.165) is 42.1 Å². The van der Waals surface area contributed by atoms with Crippen molar-refractivity contribution in [3.63, 3.8) is 0 Å². The topological polar surface area (TPSA) is 76.6 Å². The first kappa shape index (κ1) is 20.3. The molecule has 1 amide bonds. The number of fused-ring (bicyclic) bond motifs is 1. The van der Waals surface area contributed by atoms with Crippen LogP contribution in [0.25, 0.3) is 11.3 Å². The van der Waals surface area contributed by atoms with Gasteiger partial charge in [-0.15, -0.1) is 10.2 Å². The second kappa shape index (κ2) is 8.86. The normalized spacial score (nSPS) is 17.7. The monoisotopic (exact) mass is 430 g/mol. The van der Waals surface area contributed by atoms with Gasteiger partial charge in [-0.05, 0) is 50.1 Å². The van der Waals surface area contributed by atoms with Crippen LogP contribution in [0.1, 0.15) is 18.4 Å². The van der Waals surface area contributed by atoms with Crippen LogP contribution in [0, 0.1) is 12.8 Å². The zero-order valence-corrected chi connectivity index (χ0v) is 18.1. The summed E-state index contributed by atoms with van der Waals surface area (Å²) in [7, 11) is 0. The van der Waals surface area contributed by atoms with Crippen molar-refractivity contribution in [2.24, 2.45) is 5.92 Å². The molecule has 0 unspecified atom stereocenters. The van der Waals surface area contributed by atoms with E-state index in [4.69, 9.17) is 9.47 Å². The van der Waals surface area contributed by atoms with Gasteiger partial charge in [0.05, 0.1) is 11.6 Å². The minimum Gasteiger partial charge on any atom is -0.486 e. The molecular weight excluding hydrogens is 404 g/mol. The average Bonchev–Trinajstić information content (AvgIpc) is 2.84. The number of hydrogen-bond acceptors (Lipinski definition) is 6. The summed E-state index contributed by atoms with van der Waals surface area (Å²) in [6.45, 7) is 4.62. The lowest BCUT2D eigenvalue weighted by molar-refractivity contribution is -0.120. The summed E-state index contributed by atoms with van der Waals surface area (Å²) in [6, 6.07) is 17.7. The molecule has 1 saturated heterocycles. The lowest BCUT2D eigenvalue weighted by Gasteiger charge is -2.32. The van der Waals surface area contributed by atoms with Crippen molar-refractivity contribution in [1.29, 1.82) is 0 Å². The summed E-state index contributed by atoms with van der Waals surface area (Å²) < 4.78 is 11.2. The molecule has 0 saturated carbocycles. The summed E-state index contributed by atoms with van der Waals surface area (Å²) in [5.74, 6) is 2.08. The van der Waals surface area contributed by atoms with E-state index in [9.17, 15) is 4.79 Å². The van der Waals surface area contributed by atoms with Gasteiger partial charge >= 0.3 is 0 Å². The fraction of sp³-hybridized carbons (Fsp3) is 0.320. The number of nitrogens with one attached hydrogen (secondary N) is 1. The van der Waals surface area contributed by atoms with Crippen LogP contribution in [0.2, 0.25) is 0 Å². The molecule has 0 spiro atoms. The molecule has 3 aromatic rings. The van der Waals surface area contributed by atoms with Crippen LogP contribution in [0.5, 0.6) is 11.5 Å². The van der Waals surface area contributed by atoms with Crippen molar-refractivity contribution < 1.29 is 14.3 Å². The van der Waals surface area contributed by atoms with Crippen LogP contribution < -0.4 is 19.7 Å². The molecule has 2 aromatic carbocycles. The van der Waals surface area contributed by atoms with Crippen LogP contribution in [0.4, 0.5) is 11.5 Å². The number of aromatic nitrogens is 2. The van der Waals surface area contributed by atoms with Crippen LogP contribution >= 0.6 is 0 Å². The SMILES string of the molecule is Cc1cccc(-c2ccc(N3CCC[C@@H](C(=O)Nc4ccc5c(c4)OCCO5)C3)nn2)c1. The Morgan fingerprint density at radius 3 is 2.72 bits per heavy atom. The van der Waals surface area contributed by atoms with Crippen molar-refractivity contribution in [1.82, 2.24) is 10.2 Å². The highest BCUT2D eigenvalue weighted by Gasteiger charge is 2.27. The van der Waals surface area contributed by atoms with E-state index < -0.39 is 0 Å². The van der Waals surface area contributed by atoms with E-state index in [1.165, 1.54) is 5.56 Å². The number of hydrogen-bond donors (Lipinski definition) is 1. The molecule has 5 rings (SSSR count). The molecule has 1 fully saturated rings. The first-order valence-electron chi connectivity index (χ1n) is 11.0. The molecule has 7 heteroatoms.